The van der Waals surface area contributed by atoms with E-state index in [9.17, 15) is 0 Å². The molecule has 1 nitrogen and oxygen atoms in total. The molecule has 0 amide bonds. The second-order valence-corrected chi connectivity index (χ2v) is 8.73. The normalized spacial score (nSPS) is 12.2. The van der Waals surface area contributed by atoms with E-state index < -0.39 is 9.04 Å². The van der Waals surface area contributed by atoms with Crippen molar-refractivity contribution >= 4 is 25.0 Å². The van der Waals surface area contributed by atoms with E-state index in [1.54, 1.807) is 0 Å². The molecule has 0 saturated heterocycles. The number of alkyl halides is 1. The molecule has 0 N–H and O–H groups in total. The van der Waals surface area contributed by atoms with Crippen LogP contribution in [0.25, 0.3) is 0 Å². The van der Waals surface area contributed by atoms with Crippen LogP contribution in [0.15, 0.2) is 18.2 Å². The van der Waals surface area contributed by atoms with Gasteiger partial charge in [0.1, 0.15) is 0 Å². The minimum Gasteiger partial charge on any atom is -0.413 e. The monoisotopic (exact) mass is 327 g/mol. The second-order valence-electron chi connectivity index (χ2n) is 5.83. The van der Waals surface area contributed by atoms with Crippen molar-refractivity contribution in [1.29, 1.82) is 0 Å². The highest BCUT2D eigenvalue weighted by molar-refractivity contribution is 9.09. The highest BCUT2D eigenvalue weighted by atomic mass is 79.9. The zero-order valence-electron chi connectivity index (χ0n) is 12.1. The maximum absolute atomic E-state index is 5.94. The quantitative estimate of drug-likeness (QED) is 0.563. The molecular weight excluding hydrogens is 304 g/mol. The number of halogens is 1. The lowest BCUT2D eigenvalue weighted by molar-refractivity contribution is 0.309. The molecule has 0 fully saturated rings. The Labute approximate surface area is 122 Å². The molecule has 0 aliphatic heterocycles. The van der Waals surface area contributed by atoms with E-state index in [4.69, 9.17) is 4.43 Å². The first-order valence-corrected chi connectivity index (χ1v) is 9.99. The van der Waals surface area contributed by atoms with Crippen LogP contribution in [0, 0.1) is 0 Å². The molecule has 0 aliphatic carbocycles. The third kappa shape index (κ3) is 4.52. The zero-order valence-corrected chi connectivity index (χ0v) is 14.7. The summed E-state index contributed by atoms with van der Waals surface area (Å²) < 4.78 is 5.94. The van der Waals surface area contributed by atoms with Gasteiger partial charge in [0.25, 0.3) is 0 Å². The number of hydrogen-bond donors (Lipinski definition) is 0. The van der Waals surface area contributed by atoms with E-state index in [1.165, 1.54) is 16.7 Å². The van der Waals surface area contributed by atoms with Gasteiger partial charge in [-0.2, -0.15) is 0 Å². The molecule has 0 heterocycles. The first kappa shape index (κ1) is 15.9. The van der Waals surface area contributed by atoms with Gasteiger partial charge in [-0.15, -0.1) is 0 Å². The van der Waals surface area contributed by atoms with E-state index in [-0.39, 0.29) is 5.41 Å². The molecule has 3 heteroatoms. The molecule has 0 bridgehead atoms. The summed E-state index contributed by atoms with van der Waals surface area (Å²) >= 11 is 3.54. The maximum Gasteiger partial charge on any atom is 0.205 e. The first-order valence-electron chi connectivity index (χ1n) is 6.46. The Morgan fingerprint density at radius 2 is 1.89 bits per heavy atom. The summed E-state index contributed by atoms with van der Waals surface area (Å²) in [5.74, 6) is 0. The average molecular weight is 328 g/mol. The third-order valence-corrected chi connectivity index (χ3v) is 4.07. The molecule has 0 spiro atoms. The van der Waals surface area contributed by atoms with Crippen molar-refractivity contribution < 1.29 is 4.43 Å². The van der Waals surface area contributed by atoms with Gasteiger partial charge in [-0.25, -0.2) is 0 Å². The molecular formula is C15H24BrOSi. The van der Waals surface area contributed by atoms with Gasteiger partial charge in [-0.1, -0.05) is 54.9 Å². The molecule has 0 aromatic heterocycles. The minimum absolute atomic E-state index is 0.176. The Morgan fingerprint density at radius 3 is 2.39 bits per heavy atom. The molecule has 0 aliphatic rings. The number of aryl methyl sites for hydroxylation is 1. The largest absolute Gasteiger partial charge is 0.413 e. The van der Waals surface area contributed by atoms with Crippen LogP contribution in [0.4, 0.5) is 0 Å². The number of benzene rings is 1. The van der Waals surface area contributed by atoms with Crippen LogP contribution in [-0.2, 0) is 22.9 Å². The molecule has 1 aromatic rings. The first-order chi connectivity index (χ1) is 8.36. The standard InChI is InChI=1S/C15H24BrOSi/c1-15(2,3)14-8-6-7-12(9-10-16)13(14)11-17-18(4)5/h6-8H,9-11H2,1-5H3. The van der Waals surface area contributed by atoms with Crippen LogP contribution in [0.3, 0.4) is 0 Å². The van der Waals surface area contributed by atoms with Gasteiger partial charge in [0.2, 0.25) is 9.04 Å². The Kier molecular flexibility index (Phi) is 6.08. The van der Waals surface area contributed by atoms with Crippen molar-refractivity contribution in [2.24, 2.45) is 0 Å². The molecule has 0 unspecified atom stereocenters. The Bertz CT molecular complexity index is 383. The van der Waals surface area contributed by atoms with Crippen molar-refractivity contribution in [3.63, 3.8) is 0 Å². The predicted molar refractivity (Wildman–Crippen MR) is 84.9 cm³/mol. The highest BCUT2D eigenvalue weighted by Gasteiger charge is 2.20. The van der Waals surface area contributed by atoms with Gasteiger partial charge in [0, 0.05) is 5.33 Å². The minimum atomic E-state index is -0.636. The van der Waals surface area contributed by atoms with Crippen molar-refractivity contribution in [3.05, 3.63) is 34.9 Å². The maximum atomic E-state index is 5.94. The van der Waals surface area contributed by atoms with Gasteiger partial charge in [0.05, 0.1) is 6.61 Å². The van der Waals surface area contributed by atoms with Gasteiger partial charge in [-0.3, -0.25) is 0 Å². The van der Waals surface area contributed by atoms with E-state index in [0.29, 0.717) is 0 Å². The molecule has 0 atom stereocenters. The highest BCUT2D eigenvalue weighted by Crippen LogP contribution is 2.29. The molecule has 18 heavy (non-hydrogen) atoms. The summed E-state index contributed by atoms with van der Waals surface area (Å²) in [6.07, 6.45) is 1.07. The summed E-state index contributed by atoms with van der Waals surface area (Å²) in [5.41, 5.74) is 4.41. The van der Waals surface area contributed by atoms with Gasteiger partial charge < -0.3 is 4.43 Å². The smallest absolute Gasteiger partial charge is 0.205 e. The fourth-order valence-corrected chi connectivity index (χ4v) is 2.92. The fourth-order valence-electron chi connectivity index (χ4n) is 2.06. The molecule has 1 radical (unpaired) electrons. The van der Waals surface area contributed by atoms with E-state index in [2.05, 4.69) is 68.0 Å². The Hall–Kier alpha value is -0.123. The van der Waals surface area contributed by atoms with Crippen LogP contribution >= 0.6 is 15.9 Å². The zero-order chi connectivity index (χ0) is 13.8. The van der Waals surface area contributed by atoms with Crippen LogP contribution < -0.4 is 0 Å². The number of hydrogen-bond acceptors (Lipinski definition) is 1. The van der Waals surface area contributed by atoms with Gasteiger partial charge in [-0.05, 0) is 41.6 Å². The van der Waals surface area contributed by atoms with E-state index in [1.807, 2.05) is 0 Å². The van der Waals surface area contributed by atoms with E-state index in [0.717, 1.165) is 18.4 Å². The summed E-state index contributed by atoms with van der Waals surface area (Å²) in [4.78, 5) is 0. The lowest BCUT2D eigenvalue weighted by atomic mass is 9.82. The molecule has 101 valence electrons. The molecule has 0 saturated carbocycles. The van der Waals surface area contributed by atoms with Crippen LogP contribution in [-0.4, -0.2) is 14.4 Å². The lowest BCUT2D eigenvalue weighted by Gasteiger charge is -2.25. The van der Waals surface area contributed by atoms with Crippen molar-refractivity contribution in [3.8, 4) is 0 Å². The van der Waals surface area contributed by atoms with Crippen LogP contribution in [0.1, 0.15) is 37.5 Å². The Morgan fingerprint density at radius 1 is 1.22 bits per heavy atom. The third-order valence-electron chi connectivity index (χ3n) is 2.95. The predicted octanol–water partition coefficient (Wildman–Crippen LogP) is 4.69. The van der Waals surface area contributed by atoms with Gasteiger partial charge >= 0.3 is 0 Å². The van der Waals surface area contributed by atoms with Crippen molar-refractivity contribution in [1.82, 2.24) is 0 Å². The summed E-state index contributed by atoms with van der Waals surface area (Å²) in [7, 11) is -0.636. The molecule has 1 rings (SSSR count). The Balaban J connectivity index is 3.12. The van der Waals surface area contributed by atoms with Crippen molar-refractivity contribution in [2.45, 2.75) is 52.3 Å². The second kappa shape index (κ2) is 6.87. The van der Waals surface area contributed by atoms with Crippen LogP contribution in [0.5, 0.6) is 0 Å². The number of rotatable bonds is 5. The van der Waals surface area contributed by atoms with Crippen LogP contribution in [0.2, 0.25) is 13.1 Å². The lowest BCUT2D eigenvalue weighted by Crippen LogP contribution is -2.18. The summed E-state index contributed by atoms with van der Waals surface area (Å²) in [5, 5.41) is 1.00. The summed E-state index contributed by atoms with van der Waals surface area (Å²) in [6.45, 7) is 12.0. The topological polar surface area (TPSA) is 9.23 Å². The fraction of sp³-hybridized carbons (Fsp3) is 0.600. The van der Waals surface area contributed by atoms with Gasteiger partial charge in [0.15, 0.2) is 0 Å². The van der Waals surface area contributed by atoms with Crippen molar-refractivity contribution in [2.75, 3.05) is 5.33 Å². The van der Waals surface area contributed by atoms with E-state index >= 15 is 0 Å². The average Bonchev–Trinajstić information content (AvgIpc) is 2.26. The summed E-state index contributed by atoms with van der Waals surface area (Å²) in [6, 6.07) is 6.65. The SMILES string of the molecule is C[Si](C)OCc1c(CCBr)cccc1C(C)(C)C. The molecule has 1 aromatic carbocycles.